The molecule has 11 nitrogen and oxygen atoms in total. The highest BCUT2D eigenvalue weighted by molar-refractivity contribution is 7.18. The zero-order valence-corrected chi connectivity index (χ0v) is 25.8. The summed E-state index contributed by atoms with van der Waals surface area (Å²) < 4.78 is 1.42. The average molecular weight is 651 g/mol. The van der Waals surface area contributed by atoms with Gasteiger partial charge < -0.3 is 25.8 Å². The lowest BCUT2D eigenvalue weighted by molar-refractivity contribution is -0.137. The minimum absolute atomic E-state index is 0.103. The van der Waals surface area contributed by atoms with E-state index in [1.807, 2.05) is 0 Å². The first-order valence-electron chi connectivity index (χ1n) is 14.3. The van der Waals surface area contributed by atoms with E-state index >= 15 is 0 Å². The fourth-order valence-electron chi connectivity index (χ4n) is 7.01. The molecule has 0 saturated heterocycles. The molecular weight excluding hydrogens is 617 g/mol. The molecule has 1 atom stereocenters. The number of carbonyl (C=O) groups is 5. The van der Waals surface area contributed by atoms with Crippen molar-refractivity contribution in [2.45, 2.75) is 63.6 Å². The number of ketones is 1. The van der Waals surface area contributed by atoms with Crippen molar-refractivity contribution < 1.29 is 24.0 Å². The third kappa shape index (κ3) is 7.13. The molecule has 14 heteroatoms. The first kappa shape index (κ1) is 31.2. The third-order valence-electron chi connectivity index (χ3n) is 8.78. The number of anilines is 1. The van der Waals surface area contributed by atoms with Gasteiger partial charge in [0.05, 0.1) is 9.90 Å². The normalized spacial score (nSPS) is 24.2. The molecule has 4 fully saturated rings. The largest absolute Gasteiger partial charge is 0.353 e. The maximum atomic E-state index is 13.3. The van der Waals surface area contributed by atoms with Crippen LogP contribution in [0.15, 0.2) is 29.2 Å². The number of likely N-dealkylation sites (N-methyl/N-ethyl adjacent to an activating group) is 1. The summed E-state index contributed by atoms with van der Waals surface area (Å²) in [6, 6.07) is 3.12. The Morgan fingerprint density at radius 1 is 1.05 bits per heavy atom. The number of Topliss-reactive ketones (excluding diaryl/α,β-unsaturated/α-hetero) is 1. The standard InChI is InChI=1S/C29H33Cl2N5O6S/c1-32-27(40)21(37)5-4-19(33-28(41)22-12-18(30)25(31)43-22)26(39)34-20-3-2-6-36(29(20)42)13-23(38)35-24-16-8-14-7-15(10-16)11-17(24)9-14/h2-3,6,12,14-17,19,24H,4-5,7-11,13H2,1H3,(H,32,40)(H,33,41)(H,34,39)(H,35,38)/t14?,15?,16?,17?,19-,24?/m0/s1. The molecule has 0 aliphatic heterocycles. The Morgan fingerprint density at radius 2 is 1.72 bits per heavy atom. The average Bonchev–Trinajstić information content (AvgIpc) is 3.31. The summed E-state index contributed by atoms with van der Waals surface area (Å²) >= 11 is 12.8. The van der Waals surface area contributed by atoms with Gasteiger partial charge >= 0.3 is 0 Å². The van der Waals surface area contributed by atoms with Gasteiger partial charge in [-0.3, -0.25) is 28.8 Å². The SMILES string of the molecule is CNC(=O)C(=O)CC[C@H](NC(=O)c1cc(Cl)c(Cl)s1)C(=O)Nc1cccn(CC(=O)NC2C3CC4CC(C3)CC2C4)c1=O. The molecule has 6 rings (SSSR count). The van der Waals surface area contributed by atoms with Crippen molar-refractivity contribution in [3.05, 3.63) is 49.0 Å². The van der Waals surface area contributed by atoms with Crippen LogP contribution in [0.3, 0.4) is 0 Å². The Hall–Kier alpha value is -3.22. The Labute approximate surface area is 262 Å². The van der Waals surface area contributed by atoms with Gasteiger partial charge in [-0.1, -0.05) is 23.2 Å². The smallest absolute Gasteiger partial charge is 0.287 e. The lowest BCUT2D eigenvalue weighted by atomic mass is 9.54. The molecule has 4 aliphatic carbocycles. The molecule has 0 spiro atoms. The number of pyridine rings is 1. The van der Waals surface area contributed by atoms with Gasteiger partial charge in [0.25, 0.3) is 17.4 Å². The number of hydrogen-bond donors (Lipinski definition) is 4. The van der Waals surface area contributed by atoms with Crippen LogP contribution in [0, 0.1) is 23.7 Å². The van der Waals surface area contributed by atoms with Gasteiger partial charge in [0.1, 0.15) is 22.6 Å². The summed E-state index contributed by atoms with van der Waals surface area (Å²) in [4.78, 5) is 76.3. The molecular formula is C29H33Cl2N5O6S. The Morgan fingerprint density at radius 3 is 2.33 bits per heavy atom. The number of aromatic nitrogens is 1. The van der Waals surface area contributed by atoms with Crippen LogP contribution in [0.25, 0.3) is 0 Å². The number of amides is 4. The molecule has 4 amide bonds. The zero-order chi connectivity index (χ0) is 30.8. The molecule has 2 aromatic rings. The van der Waals surface area contributed by atoms with Crippen LogP contribution < -0.4 is 26.8 Å². The van der Waals surface area contributed by atoms with Crippen molar-refractivity contribution in [2.24, 2.45) is 23.7 Å². The maximum absolute atomic E-state index is 13.3. The van der Waals surface area contributed by atoms with Gasteiger partial charge in [-0.15, -0.1) is 11.3 Å². The minimum atomic E-state index is -1.28. The van der Waals surface area contributed by atoms with E-state index in [9.17, 15) is 28.8 Å². The topological polar surface area (TPSA) is 155 Å². The second-order valence-electron chi connectivity index (χ2n) is 11.7. The molecule has 0 aromatic carbocycles. The highest BCUT2D eigenvalue weighted by Gasteiger charge is 2.48. The van der Waals surface area contributed by atoms with Gasteiger partial charge in [0.15, 0.2) is 0 Å². The fourth-order valence-corrected chi connectivity index (χ4v) is 8.28. The lowest BCUT2D eigenvalue weighted by Gasteiger charge is -2.54. The quantitative estimate of drug-likeness (QED) is 0.274. The number of rotatable bonds is 11. The Bertz CT molecular complexity index is 1460. The Balaban J connectivity index is 1.25. The molecule has 2 aromatic heterocycles. The number of hydrogen-bond acceptors (Lipinski definition) is 7. The van der Waals surface area contributed by atoms with Gasteiger partial charge in [-0.2, -0.15) is 0 Å². The second-order valence-corrected chi connectivity index (χ2v) is 13.7. The van der Waals surface area contributed by atoms with Crippen LogP contribution in [0.1, 0.15) is 54.6 Å². The summed E-state index contributed by atoms with van der Waals surface area (Å²) in [5.41, 5.74) is -0.701. The number of nitrogens with one attached hydrogen (secondary N) is 4. The summed E-state index contributed by atoms with van der Waals surface area (Å²) in [6.07, 6.45) is 6.83. The monoisotopic (exact) mass is 649 g/mol. The molecule has 4 N–H and O–H groups in total. The molecule has 0 radical (unpaired) electrons. The molecule has 4 aliphatic rings. The summed E-state index contributed by atoms with van der Waals surface area (Å²) in [6.45, 7) is -0.202. The van der Waals surface area contributed by atoms with Crippen molar-refractivity contribution in [1.29, 1.82) is 0 Å². The summed E-state index contributed by atoms with van der Waals surface area (Å²) in [5.74, 6) is -0.779. The van der Waals surface area contributed by atoms with Gasteiger partial charge in [-0.25, -0.2) is 0 Å². The number of halogens is 2. The van der Waals surface area contributed by atoms with E-state index in [0.29, 0.717) is 11.8 Å². The molecule has 4 saturated carbocycles. The molecule has 0 unspecified atom stereocenters. The van der Waals surface area contributed by atoms with Gasteiger partial charge in [0, 0.05) is 25.7 Å². The Kier molecular flexibility index (Phi) is 9.57. The van der Waals surface area contributed by atoms with Crippen molar-refractivity contribution in [3.63, 3.8) is 0 Å². The van der Waals surface area contributed by atoms with Crippen molar-refractivity contribution >= 4 is 69.6 Å². The van der Waals surface area contributed by atoms with E-state index in [1.165, 1.54) is 42.4 Å². The number of carbonyl (C=O) groups excluding carboxylic acids is 5. The third-order valence-corrected chi connectivity index (χ3v) is 10.6. The van der Waals surface area contributed by atoms with Gasteiger partial charge in [-0.05, 0) is 80.4 Å². The van der Waals surface area contributed by atoms with Crippen LogP contribution in [0.2, 0.25) is 9.36 Å². The van der Waals surface area contributed by atoms with Crippen LogP contribution in [-0.4, -0.2) is 53.1 Å². The van der Waals surface area contributed by atoms with E-state index in [-0.39, 0.29) is 51.3 Å². The van der Waals surface area contributed by atoms with Crippen LogP contribution in [-0.2, 0) is 25.7 Å². The predicted octanol–water partition coefficient (Wildman–Crippen LogP) is 2.99. The molecule has 230 valence electrons. The lowest BCUT2D eigenvalue weighted by Crippen LogP contribution is -2.56. The zero-order valence-electron chi connectivity index (χ0n) is 23.5. The molecule has 2 heterocycles. The first-order chi connectivity index (χ1) is 20.5. The highest BCUT2D eigenvalue weighted by Crippen LogP contribution is 2.53. The van der Waals surface area contributed by atoms with E-state index in [1.54, 1.807) is 0 Å². The van der Waals surface area contributed by atoms with E-state index in [0.717, 1.165) is 48.9 Å². The number of thiophene rings is 1. The van der Waals surface area contributed by atoms with Crippen LogP contribution in [0.4, 0.5) is 5.69 Å². The fraction of sp³-hybridized carbons (Fsp3) is 0.517. The highest BCUT2D eigenvalue weighted by atomic mass is 35.5. The van der Waals surface area contributed by atoms with Crippen molar-refractivity contribution in [3.8, 4) is 0 Å². The van der Waals surface area contributed by atoms with Crippen LogP contribution >= 0.6 is 34.5 Å². The summed E-state index contributed by atoms with van der Waals surface area (Å²) in [7, 11) is 1.31. The van der Waals surface area contributed by atoms with Crippen molar-refractivity contribution in [2.75, 3.05) is 12.4 Å². The van der Waals surface area contributed by atoms with E-state index in [4.69, 9.17) is 23.2 Å². The van der Waals surface area contributed by atoms with E-state index < -0.39 is 35.1 Å². The molecule has 43 heavy (non-hydrogen) atoms. The maximum Gasteiger partial charge on any atom is 0.287 e. The predicted molar refractivity (Wildman–Crippen MR) is 162 cm³/mol. The van der Waals surface area contributed by atoms with E-state index in [2.05, 4.69) is 21.3 Å². The molecule has 4 bridgehead atoms. The van der Waals surface area contributed by atoms with Gasteiger partial charge in [0.2, 0.25) is 17.6 Å². The van der Waals surface area contributed by atoms with Crippen LogP contribution in [0.5, 0.6) is 0 Å². The second kappa shape index (κ2) is 13.2. The number of nitrogens with zero attached hydrogens (tertiary/aromatic N) is 1. The minimum Gasteiger partial charge on any atom is -0.353 e. The van der Waals surface area contributed by atoms with Crippen molar-refractivity contribution in [1.82, 2.24) is 20.5 Å². The summed E-state index contributed by atoms with van der Waals surface area (Å²) in [5, 5.41) is 10.6. The first-order valence-corrected chi connectivity index (χ1v) is 15.9.